The number of carbonyl (C=O) groups excluding carboxylic acids is 2. The monoisotopic (exact) mass is 474 g/mol. The van der Waals surface area contributed by atoms with Crippen molar-refractivity contribution in [1.82, 2.24) is 20.4 Å². The third-order valence-electron chi connectivity index (χ3n) is 3.91. The van der Waals surface area contributed by atoms with Crippen LogP contribution >= 0.6 is 34.4 Å². The number of amides is 2. The number of thioether (sulfide) groups is 1. The minimum absolute atomic E-state index is 0.255. The summed E-state index contributed by atoms with van der Waals surface area (Å²) < 4.78 is 0. The van der Waals surface area contributed by atoms with Gasteiger partial charge in [-0.25, -0.2) is 0 Å². The summed E-state index contributed by atoms with van der Waals surface area (Å²) in [5.41, 5.74) is 11.3. The highest BCUT2D eigenvalue weighted by Gasteiger charge is 2.20. The molecule has 0 aromatic carbocycles. The molecule has 0 aliphatic carbocycles. The van der Waals surface area contributed by atoms with Crippen molar-refractivity contribution in [2.24, 2.45) is 11.5 Å². The number of aromatic nitrogens is 4. The third kappa shape index (κ3) is 7.85. The topological polar surface area (TPSA) is 182 Å². The largest absolute Gasteiger partial charge is 0.391 e. The number of aliphatic hydroxyl groups excluding tert-OH is 1. The van der Waals surface area contributed by atoms with E-state index in [9.17, 15) is 14.7 Å². The molecule has 0 unspecified atom stereocenters. The summed E-state index contributed by atoms with van der Waals surface area (Å²) in [6, 6.07) is -1.55. The first kappa shape index (κ1) is 24.6. The predicted octanol–water partition coefficient (Wildman–Crippen LogP) is 0.230. The molecule has 0 fully saturated rings. The molecule has 0 aliphatic heterocycles. The van der Waals surface area contributed by atoms with Gasteiger partial charge < -0.3 is 16.6 Å². The maximum atomic E-state index is 11.8. The van der Waals surface area contributed by atoms with Gasteiger partial charge in [-0.1, -0.05) is 29.6 Å². The van der Waals surface area contributed by atoms with Crippen molar-refractivity contribution < 1.29 is 14.7 Å². The molecule has 0 radical (unpaired) electrons. The number of hydrogen-bond acceptors (Lipinski definition) is 12. The summed E-state index contributed by atoms with van der Waals surface area (Å²) in [5, 5.41) is 33.1. The summed E-state index contributed by atoms with van der Waals surface area (Å²) in [5.74, 6) is 0.938. The second-order valence-corrected chi connectivity index (χ2v) is 9.72. The van der Waals surface area contributed by atoms with E-state index < -0.39 is 24.1 Å². The molecule has 3 atom stereocenters. The molecule has 0 spiro atoms. The van der Waals surface area contributed by atoms with Gasteiger partial charge in [0.05, 0.1) is 12.1 Å². The van der Waals surface area contributed by atoms with Gasteiger partial charge in [-0.15, -0.1) is 20.4 Å². The van der Waals surface area contributed by atoms with Crippen LogP contribution in [0.1, 0.15) is 30.3 Å². The first-order valence-corrected chi connectivity index (χ1v) is 12.1. The Morgan fingerprint density at radius 1 is 1.00 bits per heavy atom. The van der Waals surface area contributed by atoms with Crippen LogP contribution in [0.5, 0.6) is 0 Å². The first-order valence-electron chi connectivity index (χ1n) is 9.33. The van der Waals surface area contributed by atoms with Crippen LogP contribution in [0.2, 0.25) is 0 Å². The average Bonchev–Trinajstić information content (AvgIpc) is 3.35. The zero-order valence-electron chi connectivity index (χ0n) is 16.7. The van der Waals surface area contributed by atoms with Gasteiger partial charge in [0.15, 0.2) is 0 Å². The number of rotatable bonds is 12. The second-order valence-electron chi connectivity index (χ2n) is 6.37. The summed E-state index contributed by atoms with van der Waals surface area (Å²) in [6.07, 6.45) is 1.08. The van der Waals surface area contributed by atoms with Gasteiger partial charge in [-0.05, 0) is 24.9 Å². The van der Waals surface area contributed by atoms with Gasteiger partial charge in [0.25, 0.3) is 0 Å². The number of carbonyl (C=O) groups is 2. The molecule has 2 rings (SSSR count). The van der Waals surface area contributed by atoms with Crippen molar-refractivity contribution >= 4 is 56.5 Å². The predicted molar refractivity (Wildman–Crippen MR) is 120 cm³/mol. The fourth-order valence-electron chi connectivity index (χ4n) is 2.02. The van der Waals surface area contributed by atoms with E-state index in [1.165, 1.54) is 29.6 Å². The Hall–Kier alpha value is -1.71. The van der Waals surface area contributed by atoms with E-state index in [-0.39, 0.29) is 5.91 Å². The molecule has 2 aromatic rings. The molecule has 0 aliphatic rings. The van der Waals surface area contributed by atoms with Crippen molar-refractivity contribution in [3.63, 3.8) is 0 Å². The summed E-state index contributed by atoms with van der Waals surface area (Å²) in [7, 11) is 0. The number of nitrogens with zero attached hydrogens (tertiary/aromatic N) is 4. The number of hydrogen-bond donors (Lipinski definition) is 5. The zero-order chi connectivity index (χ0) is 22.1. The molecular formula is C16H26N8O3S3. The Morgan fingerprint density at radius 2 is 1.50 bits per heavy atom. The van der Waals surface area contributed by atoms with Crippen LogP contribution in [0.4, 0.5) is 10.3 Å². The Morgan fingerprint density at radius 3 is 1.97 bits per heavy atom. The van der Waals surface area contributed by atoms with E-state index in [1.54, 1.807) is 11.8 Å². The van der Waals surface area contributed by atoms with Crippen LogP contribution in [-0.2, 0) is 22.4 Å². The Balaban J connectivity index is 1.66. The summed E-state index contributed by atoms with van der Waals surface area (Å²) in [6.45, 7) is 3.30. The lowest BCUT2D eigenvalue weighted by atomic mass is 10.2. The molecule has 14 heteroatoms. The van der Waals surface area contributed by atoms with Crippen LogP contribution in [-0.4, -0.2) is 67.0 Å². The number of aryl methyl sites for hydroxylation is 2. The standard InChI is InChI=1S/C16H26N8O3S3/c1-3-9(17)13(26)19-15-23-21-10(29-15)4-6-28-7-5-11-22-24-16(30-11)20-14(27)12(18)8(2)25/h8-9,12,25H,3-7,17-18H2,1-2H3,(H,19,23,26)(H,20,24,27)/t8-,9+,12+/m1/s1. The number of nitrogens with one attached hydrogen (secondary N) is 2. The molecule has 7 N–H and O–H groups in total. The normalized spacial score (nSPS) is 14.2. The van der Waals surface area contributed by atoms with Crippen molar-refractivity contribution in [2.75, 3.05) is 22.1 Å². The van der Waals surface area contributed by atoms with Gasteiger partial charge in [-0.2, -0.15) is 11.8 Å². The molecule has 0 saturated carbocycles. The Bertz CT molecular complexity index is 828. The number of anilines is 2. The van der Waals surface area contributed by atoms with Gasteiger partial charge in [0.2, 0.25) is 22.1 Å². The van der Waals surface area contributed by atoms with Crippen LogP contribution in [0.25, 0.3) is 0 Å². The highest BCUT2D eigenvalue weighted by molar-refractivity contribution is 7.99. The third-order valence-corrected chi connectivity index (χ3v) is 6.70. The molecule has 0 saturated heterocycles. The van der Waals surface area contributed by atoms with E-state index >= 15 is 0 Å². The van der Waals surface area contributed by atoms with Crippen LogP contribution in [0.3, 0.4) is 0 Å². The second kappa shape index (κ2) is 12.2. The number of aliphatic hydroxyl groups is 1. The minimum Gasteiger partial charge on any atom is -0.391 e. The van der Waals surface area contributed by atoms with Gasteiger partial charge >= 0.3 is 0 Å². The van der Waals surface area contributed by atoms with E-state index in [4.69, 9.17) is 11.5 Å². The van der Waals surface area contributed by atoms with Gasteiger partial charge in [0, 0.05) is 12.8 Å². The summed E-state index contributed by atoms with van der Waals surface area (Å²) >= 11 is 4.36. The maximum absolute atomic E-state index is 11.8. The van der Waals surface area contributed by atoms with E-state index in [1.807, 2.05) is 6.92 Å². The molecule has 0 bridgehead atoms. The number of nitrogens with two attached hydrogens (primary N) is 2. The van der Waals surface area contributed by atoms with Crippen LogP contribution in [0, 0.1) is 0 Å². The Labute approximate surface area is 186 Å². The SMILES string of the molecule is CC[C@H](N)C(=O)Nc1nnc(CCSCCc2nnc(NC(=O)[C@@H](N)[C@@H](C)O)s2)s1. The van der Waals surface area contributed by atoms with Gasteiger partial charge in [-0.3, -0.25) is 20.2 Å². The molecule has 30 heavy (non-hydrogen) atoms. The lowest BCUT2D eigenvalue weighted by Crippen LogP contribution is -2.43. The Kier molecular flexibility index (Phi) is 10.0. The molecule has 2 amide bonds. The summed E-state index contributed by atoms with van der Waals surface area (Å²) in [4.78, 5) is 23.6. The van der Waals surface area contributed by atoms with Crippen LogP contribution < -0.4 is 22.1 Å². The minimum atomic E-state index is -1.01. The van der Waals surface area contributed by atoms with E-state index in [0.29, 0.717) is 23.1 Å². The van der Waals surface area contributed by atoms with Crippen molar-refractivity contribution in [1.29, 1.82) is 0 Å². The maximum Gasteiger partial charge on any atom is 0.245 e. The van der Waals surface area contributed by atoms with Gasteiger partial charge in [0.1, 0.15) is 16.1 Å². The molecule has 166 valence electrons. The zero-order valence-corrected chi connectivity index (χ0v) is 19.1. The van der Waals surface area contributed by atoms with Crippen molar-refractivity contribution in [2.45, 2.75) is 51.3 Å². The van der Waals surface area contributed by atoms with E-state index in [2.05, 4.69) is 31.0 Å². The van der Waals surface area contributed by atoms with Crippen molar-refractivity contribution in [3.8, 4) is 0 Å². The lowest BCUT2D eigenvalue weighted by Gasteiger charge is -2.12. The molecule has 11 nitrogen and oxygen atoms in total. The van der Waals surface area contributed by atoms with E-state index in [0.717, 1.165) is 27.9 Å². The van der Waals surface area contributed by atoms with Crippen molar-refractivity contribution in [3.05, 3.63) is 10.0 Å². The average molecular weight is 475 g/mol. The fraction of sp³-hybridized carbons (Fsp3) is 0.625. The molecule has 2 heterocycles. The lowest BCUT2D eigenvalue weighted by molar-refractivity contribution is -0.119. The first-order chi connectivity index (χ1) is 14.3. The highest BCUT2D eigenvalue weighted by Crippen LogP contribution is 2.20. The molecule has 2 aromatic heterocycles. The fourth-order valence-corrected chi connectivity index (χ4v) is 4.64. The van der Waals surface area contributed by atoms with Crippen LogP contribution in [0.15, 0.2) is 0 Å². The quantitative estimate of drug-likeness (QED) is 0.267. The highest BCUT2D eigenvalue weighted by atomic mass is 32.2. The molecular weight excluding hydrogens is 448 g/mol. The smallest absolute Gasteiger partial charge is 0.245 e.